The number of carbonyl (C=O) groups is 1. The van der Waals surface area contributed by atoms with Crippen LogP contribution >= 0.6 is 0 Å². The van der Waals surface area contributed by atoms with E-state index in [0.29, 0.717) is 24.4 Å². The number of nitrogens with zero attached hydrogens (tertiary/aromatic N) is 1. The quantitative estimate of drug-likeness (QED) is 0.853. The number of carbonyl (C=O) groups excluding carboxylic acids is 1. The van der Waals surface area contributed by atoms with Gasteiger partial charge in [0.25, 0.3) is 5.91 Å². The number of alkyl halides is 1. The molecule has 1 saturated heterocycles. The molecule has 0 aromatic heterocycles. The van der Waals surface area contributed by atoms with Crippen LogP contribution in [0.5, 0.6) is 0 Å². The Morgan fingerprint density at radius 2 is 1.82 bits per heavy atom. The first-order valence-corrected chi connectivity index (χ1v) is 10.1. The largest absolute Gasteiger partial charge is 0.391 e. The molecule has 1 aliphatic carbocycles. The van der Waals surface area contributed by atoms with Gasteiger partial charge in [0.2, 0.25) is 0 Å². The normalized spacial score (nSPS) is 23.2. The van der Waals surface area contributed by atoms with E-state index in [1.165, 1.54) is 5.56 Å². The fourth-order valence-corrected chi connectivity index (χ4v) is 4.74. The van der Waals surface area contributed by atoms with E-state index in [1.54, 1.807) is 0 Å². The van der Waals surface area contributed by atoms with E-state index >= 15 is 0 Å². The van der Waals surface area contributed by atoms with Gasteiger partial charge in [-0.3, -0.25) is 9.69 Å². The number of benzene rings is 2. The van der Waals surface area contributed by atoms with Gasteiger partial charge in [-0.1, -0.05) is 42.5 Å². The summed E-state index contributed by atoms with van der Waals surface area (Å²) in [4.78, 5) is 13.9. The van der Waals surface area contributed by atoms with Gasteiger partial charge in [-0.15, -0.1) is 0 Å². The van der Waals surface area contributed by atoms with Crippen molar-refractivity contribution < 1.29 is 14.3 Å². The minimum Gasteiger partial charge on any atom is -0.391 e. The lowest BCUT2D eigenvalue weighted by atomic mass is 9.82. The minimum atomic E-state index is -1.03. The maximum Gasteiger partial charge on any atom is 0.255 e. The number of piperidine rings is 1. The van der Waals surface area contributed by atoms with Gasteiger partial charge in [-0.2, -0.15) is 0 Å². The van der Waals surface area contributed by atoms with Crippen LogP contribution in [0, 0.1) is 0 Å². The van der Waals surface area contributed by atoms with Crippen LogP contribution in [0.2, 0.25) is 0 Å². The summed E-state index contributed by atoms with van der Waals surface area (Å²) >= 11 is 0. The van der Waals surface area contributed by atoms with Crippen molar-refractivity contribution in [3.8, 4) is 0 Å². The number of hydrogen-bond acceptors (Lipinski definition) is 3. The first kappa shape index (κ1) is 19.1. The molecule has 2 N–H and O–H groups in total. The predicted molar refractivity (Wildman–Crippen MR) is 108 cm³/mol. The highest BCUT2D eigenvalue weighted by Crippen LogP contribution is 2.34. The number of likely N-dealkylation sites (tertiary alicyclic amines) is 1. The lowest BCUT2D eigenvalue weighted by Crippen LogP contribution is -2.51. The smallest absolute Gasteiger partial charge is 0.255 e. The Hall–Kier alpha value is -2.24. The summed E-state index contributed by atoms with van der Waals surface area (Å²) in [6.07, 6.45) is 2.99. The first-order chi connectivity index (χ1) is 13.7. The van der Waals surface area contributed by atoms with Gasteiger partial charge in [0.15, 0.2) is 6.67 Å². The summed E-state index contributed by atoms with van der Waals surface area (Å²) in [5, 5.41) is 13.5. The van der Waals surface area contributed by atoms with Crippen LogP contribution in [0.1, 0.15) is 35.4 Å². The number of aliphatic hydroxyl groups excluding tert-OH is 1. The van der Waals surface area contributed by atoms with Crippen molar-refractivity contribution in [1.29, 1.82) is 0 Å². The molecule has 1 fully saturated rings. The molecule has 0 radical (unpaired) electrons. The topological polar surface area (TPSA) is 52.6 Å². The second-order valence-corrected chi connectivity index (χ2v) is 7.89. The molecule has 0 saturated carbocycles. The Labute approximate surface area is 165 Å². The summed E-state index contributed by atoms with van der Waals surface area (Å²) < 4.78 is 12.7. The zero-order valence-corrected chi connectivity index (χ0v) is 16.0. The Balaban J connectivity index is 1.47. The van der Waals surface area contributed by atoms with Crippen LogP contribution in [-0.4, -0.2) is 47.8 Å². The Bertz CT molecular complexity index is 819. The highest BCUT2D eigenvalue weighted by molar-refractivity contribution is 5.92. The van der Waals surface area contributed by atoms with E-state index in [4.69, 9.17) is 0 Å². The average molecular weight is 382 g/mol. The average Bonchev–Trinajstić information content (AvgIpc) is 2.74. The van der Waals surface area contributed by atoms with E-state index in [0.717, 1.165) is 37.1 Å². The lowest BCUT2D eigenvalue weighted by Gasteiger charge is -2.42. The van der Waals surface area contributed by atoms with Crippen LogP contribution in [0.3, 0.4) is 0 Å². The SMILES string of the molecule is O=C(CF)Nc1cccc2c1C[C@@H](N1CCC(c3ccccc3)CC1)[C@H](O)C2. The molecule has 1 aliphatic heterocycles. The molecule has 2 aliphatic rings. The van der Waals surface area contributed by atoms with Crippen molar-refractivity contribution in [3.05, 3.63) is 65.2 Å². The summed E-state index contributed by atoms with van der Waals surface area (Å²) in [6.45, 7) is 0.883. The second-order valence-electron chi connectivity index (χ2n) is 7.89. The molecule has 0 bridgehead atoms. The number of amides is 1. The Morgan fingerprint density at radius 1 is 1.07 bits per heavy atom. The summed E-state index contributed by atoms with van der Waals surface area (Å²) in [6, 6.07) is 16.3. The molecule has 4 nitrogen and oxygen atoms in total. The summed E-state index contributed by atoms with van der Waals surface area (Å²) in [5.74, 6) is -0.0513. The zero-order chi connectivity index (χ0) is 19.5. The molecule has 1 amide bonds. The molecule has 2 aromatic carbocycles. The maximum atomic E-state index is 12.7. The Kier molecular flexibility index (Phi) is 5.74. The fourth-order valence-electron chi connectivity index (χ4n) is 4.74. The minimum absolute atomic E-state index is 0.0349. The van der Waals surface area contributed by atoms with Gasteiger partial charge in [-0.05, 0) is 61.0 Å². The maximum absolute atomic E-state index is 12.7. The zero-order valence-electron chi connectivity index (χ0n) is 16.0. The van der Waals surface area contributed by atoms with Crippen LogP contribution in [-0.2, 0) is 17.6 Å². The fraction of sp³-hybridized carbons (Fsp3) is 0.435. The van der Waals surface area contributed by atoms with Crippen LogP contribution in [0.25, 0.3) is 0 Å². The number of rotatable bonds is 4. The molecule has 28 heavy (non-hydrogen) atoms. The Morgan fingerprint density at radius 3 is 2.54 bits per heavy atom. The molecular formula is C23H27FN2O2. The van der Waals surface area contributed by atoms with Crippen molar-refractivity contribution in [2.24, 2.45) is 0 Å². The van der Waals surface area contributed by atoms with Crippen LogP contribution in [0.4, 0.5) is 10.1 Å². The standard InChI is InChI=1S/C23H27FN2O2/c24-15-23(28)25-20-8-4-7-18-13-22(27)21(14-19(18)20)26-11-9-17(10-12-26)16-5-2-1-3-6-16/h1-8,17,21-22,27H,9-15H2,(H,25,28)/t21-,22-/m1/s1. The molecule has 2 atom stereocenters. The molecule has 2 aromatic rings. The third-order valence-corrected chi connectivity index (χ3v) is 6.22. The van der Waals surface area contributed by atoms with Crippen molar-refractivity contribution in [3.63, 3.8) is 0 Å². The predicted octanol–water partition coefficient (Wildman–Crippen LogP) is 3.30. The molecule has 4 rings (SSSR count). The highest BCUT2D eigenvalue weighted by atomic mass is 19.1. The van der Waals surface area contributed by atoms with E-state index in [2.05, 4.69) is 34.5 Å². The van der Waals surface area contributed by atoms with E-state index < -0.39 is 18.7 Å². The number of aliphatic hydroxyl groups is 1. The van der Waals surface area contributed by atoms with Gasteiger partial charge in [0.1, 0.15) is 0 Å². The molecule has 0 spiro atoms. The number of fused-ring (bicyclic) bond motifs is 1. The molecule has 5 heteroatoms. The molecule has 1 heterocycles. The summed E-state index contributed by atoms with van der Waals surface area (Å²) in [5.41, 5.74) is 4.15. The third-order valence-electron chi connectivity index (χ3n) is 6.22. The first-order valence-electron chi connectivity index (χ1n) is 10.1. The number of halogens is 1. The van der Waals surface area contributed by atoms with Crippen molar-refractivity contribution in [1.82, 2.24) is 4.90 Å². The molecular weight excluding hydrogens is 355 g/mol. The third kappa shape index (κ3) is 3.96. The van der Waals surface area contributed by atoms with Gasteiger partial charge < -0.3 is 10.4 Å². The molecule has 0 unspecified atom stereocenters. The van der Waals surface area contributed by atoms with Crippen molar-refractivity contribution >= 4 is 11.6 Å². The van der Waals surface area contributed by atoms with E-state index in [1.807, 2.05) is 24.3 Å². The summed E-state index contributed by atoms with van der Waals surface area (Å²) in [7, 11) is 0. The highest BCUT2D eigenvalue weighted by Gasteiger charge is 2.35. The van der Waals surface area contributed by atoms with Gasteiger partial charge >= 0.3 is 0 Å². The van der Waals surface area contributed by atoms with E-state index in [-0.39, 0.29) is 6.04 Å². The monoisotopic (exact) mass is 382 g/mol. The second kappa shape index (κ2) is 8.41. The van der Waals surface area contributed by atoms with E-state index in [9.17, 15) is 14.3 Å². The van der Waals surface area contributed by atoms with Crippen molar-refractivity contribution in [2.45, 2.75) is 43.7 Å². The number of nitrogens with one attached hydrogen (secondary N) is 1. The molecule has 148 valence electrons. The van der Waals surface area contributed by atoms with Crippen LogP contribution < -0.4 is 5.32 Å². The van der Waals surface area contributed by atoms with Gasteiger partial charge in [-0.25, -0.2) is 4.39 Å². The van der Waals surface area contributed by atoms with Gasteiger partial charge in [0.05, 0.1) is 6.10 Å². The van der Waals surface area contributed by atoms with Crippen molar-refractivity contribution in [2.75, 3.05) is 25.1 Å². The lowest BCUT2D eigenvalue weighted by molar-refractivity contribution is -0.117. The van der Waals surface area contributed by atoms with Gasteiger partial charge in [0, 0.05) is 18.2 Å². The number of anilines is 1. The number of hydrogen-bond donors (Lipinski definition) is 2. The van der Waals surface area contributed by atoms with Crippen LogP contribution in [0.15, 0.2) is 48.5 Å².